The summed E-state index contributed by atoms with van der Waals surface area (Å²) in [6, 6.07) is 10.9. The lowest BCUT2D eigenvalue weighted by Gasteiger charge is -2.08. The predicted molar refractivity (Wildman–Crippen MR) is 65.8 cm³/mol. The molecule has 0 spiro atoms. The summed E-state index contributed by atoms with van der Waals surface area (Å²) < 4.78 is 0. The van der Waals surface area contributed by atoms with E-state index in [0.29, 0.717) is 11.1 Å². The number of hydrogen-bond donors (Lipinski definition) is 1. The minimum absolute atomic E-state index is 0.217. The standard InChI is InChI=1S/C14H11NO2/c1-10(11-5-3-2-4-6-11)13-9-15-8-7-12(13)14(16)17/h2-9H,1H2,(H,16,17). The zero-order valence-electron chi connectivity index (χ0n) is 9.13. The van der Waals surface area contributed by atoms with Crippen molar-refractivity contribution < 1.29 is 9.90 Å². The molecule has 1 aromatic carbocycles. The Hall–Kier alpha value is -2.42. The second kappa shape index (κ2) is 4.61. The summed E-state index contributed by atoms with van der Waals surface area (Å²) >= 11 is 0. The highest BCUT2D eigenvalue weighted by atomic mass is 16.4. The van der Waals surface area contributed by atoms with Crippen molar-refractivity contribution in [2.24, 2.45) is 0 Å². The fraction of sp³-hybridized carbons (Fsp3) is 0. The maximum atomic E-state index is 11.1. The van der Waals surface area contributed by atoms with Gasteiger partial charge in [0.05, 0.1) is 5.56 Å². The Morgan fingerprint density at radius 2 is 1.82 bits per heavy atom. The van der Waals surface area contributed by atoms with Crippen LogP contribution in [0.25, 0.3) is 5.57 Å². The molecule has 1 aromatic heterocycles. The van der Waals surface area contributed by atoms with Crippen molar-refractivity contribution >= 4 is 11.5 Å². The van der Waals surface area contributed by atoms with Crippen LogP contribution in [0.5, 0.6) is 0 Å². The fourth-order valence-electron chi connectivity index (χ4n) is 1.62. The lowest BCUT2D eigenvalue weighted by atomic mass is 9.97. The number of benzene rings is 1. The predicted octanol–water partition coefficient (Wildman–Crippen LogP) is 2.84. The molecule has 0 bridgehead atoms. The van der Waals surface area contributed by atoms with Crippen LogP contribution < -0.4 is 0 Å². The van der Waals surface area contributed by atoms with Gasteiger partial charge >= 0.3 is 5.97 Å². The second-order valence-corrected chi connectivity index (χ2v) is 3.57. The number of carboxylic acid groups (broad SMARTS) is 1. The van der Waals surface area contributed by atoms with E-state index in [2.05, 4.69) is 11.6 Å². The summed E-state index contributed by atoms with van der Waals surface area (Å²) in [6.07, 6.45) is 2.99. The van der Waals surface area contributed by atoms with Crippen molar-refractivity contribution in [1.82, 2.24) is 4.98 Å². The largest absolute Gasteiger partial charge is 0.478 e. The van der Waals surface area contributed by atoms with Gasteiger partial charge in [0.1, 0.15) is 0 Å². The molecule has 84 valence electrons. The number of rotatable bonds is 3. The molecular formula is C14H11NO2. The lowest BCUT2D eigenvalue weighted by molar-refractivity contribution is 0.0696. The first kappa shape index (κ1) is 11.1. The Morgan fingerprint density at radius 1 is 1.12 bits per heavy atom. The fourth-order valence-corrected chi connectivity index (χ4v) is 1.62. The van der Waals surface area contributed by atoms with Crippen molar-refractivity contribution in [1.29, 1.82) is 0 Å². The number of aromatic nitrogens is 1. The average Bonchev–Trinajstić information content (AvgIpc) is 2.39. The van der Waals surface area contributed by atoms with E-state index in [-0.39, 0.29) is 5.56 Å². The molecule has 3 heteroatoms. The molecule has 17 heavy (non-hydrogen) atoms. The molecule has 0 radical (unpaired) electrons. The third-order valence-corrected chi connectivity index (χ3v) is 2.50. The zero-order chi connectivity index (χ0) is 12.3. The minimum Gasteiger partial charge on any atom is -0.478 e. The molecule has 1 heterocycles. The molecule has 0 saturated carbocycles. The van der Waals surface area contributed by atoms with Gasteiger partial charge in [0.25, 0.3) is 0 Å². The van der Waals surface area contributed by atoms with Crippen LogP contribution in [0.1, 0.15) is 21.5 Å². The highest BCUT2D eigenvalue weighted by molar-refractivity contribution is 5.96. The van der Waals surface area contributed by atoms with Gasteiger partial charge in [0.15, 0.2) is 0 Å². The van der Waals surface area contributed by atoms with Crippen molar-refractivity contribution in [3.8, 4) is 0 Å². The minimum atomic E-state index is -0.973. The van der Waals surface area contributed by atoms with E-state index < -0.39 is 5.97 Å². The molecule has 0 atom stereocenters. The zero-order valence-corrected chi connectivity index (χ0v) is 9.13. The third kappa shape index (κ3) is 2.23. The van der Waals surface area contributed by atoms with Gasteiger partial charge in [-0.3, -0.25) is 4.98 Å². The third-order valence-electron chi connectivity index (χ3n) is 2.50. The molecule has 0 amide bonds. The van der Waals surface area contributed by atoms with Gasteiger partial charge in [0, 0.05) is 18.0 Å². The molecule has 0 aliphatic heterocycles. The highest BCUT2D eigenvalue weighted by Gasteiger charge is 2.12. The quantitative estimate of drug-likeness (QED) is 0.873. The van der Waals surface area contributed by atoms with Crippen LogP contribution in [-0.4, -0.2) is 16.1 Å². The van der Waals surface area contributed by atoms with E-state index in [1.54, 1.807) is 0 Å². The van der Waals surface area contributed by atoms with Crippen LogP contribution in [0.15, 0.2) is 55.4 Å². The monoisotopic (exact) mass is 225 g/mol. The van der Waals surface area contributed by atoms with Gasteiger partial charge in [0.2, 0.25) is 0 Å². The van der Waals surface area contributed by atoms with E-state index in [9.17, 15) is 4.79 Å². The Balaban J connectivity index is 2.48. The van der Waals surface area contributed by atoms with Gasteiger partial charge < -0.3 is 5.11 Å². The van der Waals surface area contributed by atoms with E-state index >= 15 is 0 Å². The van der Waals surface area contributed by atoms with Crippen LogP contribution >= 0.6 is 0 Å². The summed E-state index contributed by atoms with van der Waals surface area (Å²) in [5, 5.41) is 9.09. The van der Waals surface area contributed by atoms with E-state index in [1.807, 2.05) is 30.3 Å². The Kier molecular flexibility index (Phi) is 3.01. The van der Waals surface area contributed by atoms with Gasteiger partial charge in [-0.15, -0.1) is 0 Å². The molecule has 1 N–H and O–H groups in total. The van der Waals surface area contributed by atoms with E-state index in [0.717, 1.165) is 5.56 Å². The normalized spacial score (nSPS) is 9.88. The average molecular weight is 225 g/mol. The first-order chi connectivity index (χ1) is 8.20. The maximum Gasteiger partial charge on any atom is 0.336 e. The molecule has 0 aliphatic rings. The van der Waals surface area contributed by atoms with Crippen molar-refractivity contribution in [2.75, 3.05) is 0 Å². The first-order valence-electron chi connectivity index (χ1n) is 5.12. The molecule has 0 aliphatic carbocycles. The molecule has 0 unspecified atom stereocenters. The second-order valence-electron chi connectivity index (χ2n) is 3.57. The summed E-state index contributed by atoms with van der Waals surface area (Å²) in [6.45, 7) is 3.93. The van der Waals surface area contributed by atoms with Gasteiger partial charge in [-0.25, -0.2) is 4.79 Å². The highest BCUT2D eigenvalue weighted by Crippen LogP contribution is 2.23. The van der Waals surface area contributed by atoms with Gasteiger partial charge in [-0.05, 0) is 17.2 Å². The Morgan fingerprint density at radius 3 is 2.47 bits per heavy atom. The Labute approximate surface area is 99.1 Å². The SMILES string of the molecule is C=C(c1ccccc1)c1cnccc1C(=O)O. The number of nitrogens with zero attached hydrogens (tertiary/aromatic N) is 1. The maximum absolute atomic E-state index is 11.1. The topological polar surface area (TPSA) is 50.2 Å². The van der Waals surface area contributed by atoms with Crippen molar-refractivity contribution in [3.63, 3.8) is 0 Å². The number of carboxylic acids is 1. The van der Waals surface area contributed by atoms with Crippen LogP contribution in [0.2, 0.25) is 0 Å². The Bertz CT molecular complexity index is 561. The molecular weight excluding hydrogens is 214 g/mol. The molecule has 2 aromatic rings. The summed E-state index contributed by atoms with van der Waals surface area (Å²) in [5.74, 6) is -0.973. The smallest absolute Gasteiger partial charge is 0.336 e. The van der Waals surface area contributed by atoms with Crippen LogP contribution in [0.4, 0.5) is 0 Å². The number of hydrogen-bond acceptors (Lipinski definition) is 2. The molecule has 0 saturated heterocycles. The van der Waals surface area contributed by atoms with E-state index in [1.165, 1.54) is 18.5 Å². The summed E-state index contributed by atoms with van der Waals surface area (Å²) in [5.41, 5.74) is 2.32. The number of pyridine rings is 1. The van der Waals surface area contributed by atoms with Crippen LogP contribution in [0.3, 0.4) is 0 Å². The van der Waals surface area contributed by atoms with Crippen molar-refractivity contribution in [3.05, 3.63) is 72.1 Å². The van der Waals surface area contributed by atoms with Crippen LogP contribution in [0, 0.1) is 0 Å². The number of aromatic carboxylic acids is 1. The number of carbonyl (C=O) groups is 1. The van der Waals surface area contributed by atoms with Crippen LogP contribution in [-0.2, 0) is 0 Å². The molecule has 2 rings (SSSR count). The first-order valence-corrected chi connectivity index (χ1v) is 5.12. The van der Waals surface area contributed by atoms with E-state index in [4.69, 9.17) is 5.11 Å². The molecule has 3 nitrogen and oxygen atoms in total. The lowest BCUT2D eigenvalue weighted by Crippen LogP contribution is -2.02. The summed E-state index contributed by atoms with van der Waals surface area (Å²) in [7, 11) is 0. The molecule has 0 fully saturated rings. The van der Waals surface area contributed by atoms with Gasteiger partial charge in [-0.2, -0.15) is 0 Å². The van der Waals surface area contributed by atoms with Crippen molar-refractivity contribution in [2.45, 2.75) is 0 Å². The summed E-state index contributed by atoms with van der Waals surface area (Å²) in [4.78, 5) is 15.0. The van der Waals surface area contributed by atoms with Gasteiger partial charge in [-0.1, -0.05) is 36.9 Å².